The van der Waals surface area contributed by atoms with Gasteiger partial charge in [-0.05, 0) is 44.6 Å². The van der Waals surface area contributed by atoms with E-state index in [-0.39, 0.29) is 23.4 Å². The van der Waals surface area contributed by atoms with Crippen molar-refractivity contribution < 1.29 is 9.90 Å². The summed E-state index contributed by atoms with van der Waals surface area (Å²) < 4.78 is 0. The lowest BCUT2D eigenvalue weighted by Gasteiger charge is -2.35. The van der Waals surface area contributed by atoms with Gasteiger partial charge in [-0.15, -0.1) is 0 Å². The van der Waals surface area contributed by atoms with Crippen LogP contribution in [0.15, 0.2) is 18.2 Å². The number of hydrogen-bond donors (Lipinski definition) is 2. The quantitative estimate of drug-likeness (QED) is 0.620. The molecule has 1 heterocycles. The van der Waals surface area contributed by atoms with Crippen LogP contribution in [0.1, 0.15) is 23.2 Å². The fourth-order valence-corrected chi connectivity index (χ4v) is 2.50. The number of nitrogens with two attached hydrogens (primary N) is 1. The summed E-state index contributed by atoms with van der Waals surface area (Å²) in [4.78, 5) is 16.4. The molecular weight excluding hydrogens is 242 g/mol. The maximum absolute atomic E-state index is 12.4. The number of rotatable bonds is 2. The lowest BCUT2D eigenvalue weighted by molar-refractivity contribution is 0.0643. The maximum Gasteiger partial charge on any atom is 0.254 e. The van der Waals surface area contributed by atoms with E-state index in [2.05, 4.69) is 11.9 Å². The first-order valence-corrected chi connectivity index (χ1v) is 6.53. The predicted octanol–water partition coefficient (Wildman–Crippen LogP) is 1.14. The number of amides is 1. The Morgan fingerprint density at radius 1 is 1.53 bits per heavy atom. The van der Waals surface area contributed by atoms with Crippen molar-refractivity contribution in [3.8, 4) is 5.75 Å². The molecule has 5 nitrogen and oxygen atoms in total. The van der Waals surface area contributed by atoms with Gasteiger partial charge in [0.15, 0.2) is 0 Å². The molecule has 1 aliphatic heterocycles. The number of likely N-dealkylation sites (N-methyl/N-ethyl adjacent to an activating group) is 2. The molecule has 0 saturated carbocycles. The Balaban J connectivity index is 2.11. The highest BCUT2D eigenvalue weighted by atomic mass is 16.3. The van der Waals surface area contributed by atoms with Gasteiger partial charge in [-0.1, -0.05) is 0 Å². The summed E-state index contributed by atoms with van der Waals surface area (Å²) in [6.45, 7) is 1.98. The van der Waals surface area contributed by atoms with Gasteiger partial charge < -0.3 is 20.6 Å². The molecule has 0 aromatic heterocycles. The molecule has 1 saturated heterocycles. The van der Waals surface area contributed by atoms with Gasteiger partial charge in [-0.3, -0.25) is 4.79 Å². The molecule has 2 rings (SSSR count). The molecular formula is C14H21N3O2. The summed E-state index contributed by atoms with van der Waals surface area (Å²) in [5.74, 6) is -0.115. The Kier molecular flexibility index (Phi) is 3.95. The van der Waals surface area contributed by atoms with Crippen LogP contribution in [0.25, 0.3) is 0 Å². The number of carbonyl (C=O) groups is 1. The SMILES string of the molecule is CN1CCCC(N(C)C(=O)c2ccc(N)c(O)c2)C1. The van der Waals surface area contributed by atoms with Gasteiger partial charge in [-0.25, -0.2) is 0 Å². The highest BCUT2D eigenvalue weighted by Gasteiger charge is 2.25. The van der Waals surface area contributed by atoms with E-state index < -0.39 is 0 Å². The zero-order chi connectivity index (χ0) is 14.0. The monoisotopic (exact) mass is 263 g/mol. The average molecular weight is 263 g/mol. The van der Waals surface area contributed by atoms with E-state index in [1.807, 2.05) is 7.05 Å². The Morgan fingerprint density at radius 3 is 2.89 bits per heavy atom. The molecule has 1 aromatic rings. The van der Waals surface area contributed by atoms with E-state index in [0.717, 1.165) is 25.9 Å². The van der Waals surface area contributed by atoms with Crippen LogP contribution >= 0.6 is 0 Å². The van der Waals surface area contributed by atoms with Crippen LogP contribution in [0.4, 0.5) is 5.69 Å². The van der Waals surface area contributed by atoms with Crippen LogP contribution in [0.3, 0.4) is 0 Å². The van der Waals surface area contributed by atoms with Gasteiger partial charge in [0.1, 0.15) is 5.75 Å². The second-order valence-corrected chi connectivity index (χ2v) is 5.25. The Labute approximate surface area is 113 Å². The summed E-state index contributed by atoms with van der Waals surface area (Å²) in [6, 6.07) is 4.87. The number of benzene rings is 1. The molecule has 1 atom stereocenters. The summed E-state index contributed by atoms with van der Waals surface area (Å²) in [5, 5.41) is 9.58. The summed E-state index contributed by atoms with van der Waals surface area (Å²) in [5.41, 5.74) is 6.31. The number of carbonyl (C=O) groups excluding carboxylic acids is 1. The number of hydrogen-bond acceptors (Lipinski definition) is 4. The fraction of sp³-hybridized carbons (Fsp3) is 0.500. The molecule has 104 valence electrons. The van der Waals surface area contributed by atoms with Crippen LogP contribution in [-0.2, 0) is 0 Å². The predicted molar refractivity (Wildman–Crippen MR) is 75.1 cm³/mol. The molecule has 1 fully saturated rings. The van der Waals surface area contributed by atoms with E-state index in [1.165, 1.54) is 6.07 Å². The molecule has 0 radical (unpaired) electrons. The largest absolute Gasteiger partial charge is 0.506 e. The number of phenolic OH excluding ortho intramolecular Hbond substituents is 1. The summed E-state index contributed by atoms with van der Waals surface area (Å²) in [6.07, 6.45) is 2.12. The molecule has 0 aliphatic carbocycles. The van der Waals surface area contributed by atoms with Crippen molar-refractivity contribution in [1.29, 1.82) is 0 Å². The maximum atomic E-state index is 12.4. The third-order valence-electron chi connectivity index (χ3n) is 3.75. The van der Waals surface area contributed by atoms with Crippen molar-refractivity contribution in [1.82, 2.24) is 9.80 Å². The lowest BCUT2D eigenvalue weighted by atomic mass is 10.0. The number of anilines is 1. The number of piperidine rings is 1. The smallest absolute Gasteiger partial charge is 0.254 e. The molecule has 5 heteroatoms. The first-order chi connectivity index (χ1) is 8.99. The molecule has 0 bridgehead atoms. The third kappa shape index (κ3) is 2.98. The van der Waals surface area contributed by atoms with E-state index in [1.54, 1.807) is 17.0 Å². The van der Waals surface area contributed by atoms with Crippen LogP contribution in [0.5, 0.6) is 5.75 Å². The second-order valence-electron chi connectivity index (χ2n) is 5.25. The Hall–Kier alpha value is -1.75. The lowest BCUT2D eigenvalue weighted by Crippen LogP contribution is -2.47. The van der Waals surface area contributed by atoms with E-state index in [4.69, 9.17) is 5.73 Å². The van der Waals surface area contributed by atoms with Gasteiger partial charge in [0.05, 0.1) is 5.69 Å². The normalized spacial score (nSPS) is 20.2. The number of phenols is 1. The standard InChI is InChI=1S/C14H21N3O2/c1-16-7-3-4-11(9-16)17(2)14(19)10-5-6-12(15)13(18)8-10/h5-6,8,11,18H,3-4,7,9,15H2,1-2H3. The number of nitrogens with zero attached hydrogens (tertiary/aromatic N) is 2. The van der Waals surface area contributed by atoms with Crippen molar-refractivity contribution in [2.45, 2.75) is 18.9 Å². The van der Waals surface area contributed by atoms with Crippen molar-refractivity contribution in [2.75, 3.05) is 32.9 Å². The molecule has 1 aromatic carbocycles. The second kappa shape index (κ2) is 5.48. The van der Waals surface area contributed by atoms with E-state index in [0.29, 0.717) is 5.56 Å². The first kappa shape index (κ1) is 13.7. The third-order valence-corrected chi connectivity index (χ3v) is 3.75. The highest BCUT2D eigenvalue weighted by molar-refractivity contribution is 5.95. The highest BCUT2D eigenvalue weighted by Crippen LogP contribution is 2.22. The van der Waals surface area contributed by atoms with Gasteiger partial charge in [0.25, 0.3) is 5.91 Å². The van der Waals surface area contributed by atoms with Gasteiger partial charge in [0, 0.05) is 25.2 Å². The minimum Gasteiger partial charge on any atom is -0.506 e. The topological polar surface area (TPSA) is 69.8 Å². The molecule has 1 aliphatic rings. The Morgan fingerprint density at radius 2 is 2.26 bits per heavy atom. The van der Waals surface area contributed by atoms with Crippen molar-refractivity contribution >= 4 is 11.6 Å². The minimum atomic E-state index is -0.0735. The van der Waals surface area contributed by atoms with Crippen LogP contribution in [-0.4, -0.2) is 54.0 Å². The molecule has 19 heavy (non-hydrogen) atoms. The molecule has 1 amide bonds. The van der Waals surface area contributed by atoms with E-state index in [9.17, 15) is 9.90 Å². The molecule has 3 N–H and O–H groups in total. The molecule has 0 spiro atoms. The minimum absolute atomic E-state index is 0.0417. The van der Waals surface area contributed by atoms with Crippen LogP contribution in [0.2, 0.25) is 0 Å². The average Bonchev–Trinajstić information content (AvgIpc) is 2.40. The Bertz CT molecular complexity index is 476. The van der Waals surface area contributed by atoms with Gasteiger partial charge in [0.2, 0.25) is 0 Å². The zero-order valence-electron chi connectivity index (χ0n) is 11.5. The number of likely N-dealkylation sites (tertiary alicyclic amines) is 1. The fourth-order valence-electron chi connectivity index (χ4n) is 2.50. The van der Waals surface area contributed by atoms with Crippen LogP contribution < -0.4 is 5.73 Å². The number of nitrogen functional groups attached to an aromatic ring is 1. The number of aromatic hydroxyl groups is 1. The van der Waals surface area contributed by atoms with Gasteiger partial charge in [-0.2, -0.15) is 0 Å². The van der Waals surface area contributed by atoms with Crippen molar-refractivity contribution in [3.63, 3.8) is 0 Å². The van der Waals surface area contributed by atoms with Gasteiger partial charge >= 0.3 is 0 Å². The zero-order valence-corrected chi connectivity index (χ0v) is 11.5. The van der Waals surface area contributed by atoms with Crippen molar-refractivity contribution in [3.05, 3.63) is 23.8 Å². The first-order valence-electron chi connectivity index (χ1n) is 6.53. The molecule has 1 unspecified atom stereocenters. The van der Waals surface area contributed by atoms with E-state index >= 15 is 0 Å². The summed E-state index contributed by atoms with van der Waals surface area (Å²) in [7, 11) is 3.89. The summed E-state index contributed by atoms with van der Waals surface area (Å²) >= 11 is 0. The van der Waals surface area contributed by atoms with Crippen molar-refractivity contribution in [2.24, 2.45) is 0 Å². The van der Waals surface area contributed by atoms with Crippen LogP contribution in [0, 0.1) is 0 Å².